The standard InChI is InChI=1S/C26H26O4/c1-29-25-15-24(14-12-20-5-9-22(18-28)10-6-20)26(30-2)16-23(25)13-11-19-3-7-21(17-27)8-4-19/h3-16,27-28H,17-18H2,1-2H3/b13-11+,14-12+. The lowest BCUT2D eigenvalue weighted by molar-refractivity contribution is 0.281. The second-order valence-electron chi connectivity index (χ2n) is 6.80. The molecule has 0 atom stereocenters. The maximum Gasteiger partial charge on any atom is 0.126 e. The molecule has 0 aliphatic heterocycles. The van der Waals surface area contributed by atoms with E-state index in [2.05, 4.69) is 0 Å². The second kappa shape index (κ2) is 10.4. The molecule has 4 heteroatoms. The topological polar surface area (TPSA) is 58.9 Å². The zero-order valence-electron chi connectivity index (χ0n) is 17.2. The van der Waals surface area contributed by atoms with Crippen LogP contribution in [0.25, 0.3) is 24.3 Å². The highest BCUT2D eigenvalue weighted by atomic mass is 16.5. The van der Waals surface area contributed by atoms with Crippen LogP contribution in [0.1, 0.15) is 33.4 Å². The number of hydrogen-bond donors (Lipinski definition) is 2. The Labute approximate surface area is 177 Å². The summed E-state index contributed by atoms with van der Waals surface area (Å²) in [5.74, 6) is 1.49. The molecule has 0 heterocycles. The van der Waals surface area contributed by atoms with Crippen LogP contribution in [0.2, 0.25) is 0 Å². The third-order valence-electron chi connectivity index (χ3n) is 4.82. The third kappa shape index (κ3) is 5.38. The molecule has 154 valence electrons. The van der Waals surface area contributed by atoms with Gasteiger partial charge in [-0.1, -0.05) is 72.8 Å². The maximum absolute atomic E-state index is 9.16. The van der Waals surface area contributed by atoms with Crippen LogP contribution in [-0.4, -0.2) is 24.4 Å². The molecule has 3 rings (SSSR count). The van der Waals surface area contributed by atoms with Gasteiger partial charge in [0.05, 0.1) is 27.4 Å². The normalized spacial score (nSPS) is 11.3. The van der Waals surface area contributed by atoms with Crippen LogP contribution < -0.4 is 9.47 Å². The van der Waals surface area contributed by atoms with Crippen LogP contribution in [-0.2, 0) is 13.2 Å². The average molecular weight is 402 g/mol. The van der Waals surface area contributed by atoms with E-state index in [9.17, 15) is 0 Å². The van der Waals surface area contributed by atoms with Gasteiger partial charge in [-0.05, 0) is 34.4 Å². The summed E-state index contributed by atoms with van der Waals surface area (Å²) in [5.41, 5.74) is 5.64. The predicted octanol–water partition coefficient (Wildman–Crippen LogP) is 5.03. The predicted molar refractivity (Wildman–Crippen MR) is 122 cm³/mol. The molecule has 0 saturated carbocycles. The molecule has 3 aromatic carbocycles. The van der Waals surface area contributed by atoms with E-state index >= 15 is 0 Å². The van der Waals surface area contributed by atoms with Crippen molar-refractivity contribution in [2.75, 3.05) is 14.2 Å². The number of benzene rings is 3. The van der Waals surface area contributed by atoms with Gasteiger partial charge in [-0.3, -0.25) is 0 Å². The lowest BCUT2D eigenvalue weighted by Crippen LogP contribution is -1.93. The first-order chi connectivity index (χ1) is 14.7. The molecule has 0 spiro atoms. The summed E-state index contributed by atoms with van der Waals surface area (Å²) in [6.45, 7) is 0.0746. The van der Waals surface area contributed by atoms with Gasteiger partial charge in [0.1, 0.15) is 11.5 Å². The Morgan fingerprint density at radius 3 is 1.27 bits per heavy atom. The molecule has 3 aromatic rings. The van der Waals surface area contributed by atoms with E-state index in [0.717, 1.165) is 44.9 Å². The van der Waals surface area contributed by atoms with Crippen molar-refractivity contribution in [3.05, 3.63) is 94.0 Å². The Morgan fingerprint density at radius 1 is 0.600 bits per heavy atom. The minimum atomic E-state index is 0.0373. The fourth-order valence-electron chi connectivity index (χ4n) is 3.05. The molecule has 0 bridgehead atoms. The SMILES string of the molecule is COc1cc(/C=C/c2ccc(CO)cc2)c(OC)cc1/C=C/c1ccc(CO)cc1. The van der Waals surface area contributed by atoms with Crippen molar-refractivity contribution in [2.24, 2.45) is 0 Å². The van der Waals surface area contributed by atoms with Crippen LogP contribution in [0.5, 0.6) is 11.5 Å². The average Bonchev–Trinajstić information content (AvgIpc) is 2.81. The van der Waals surface area contributed by atoms with E-state index in [0.29, 0.717) is 0 Å². The smallest absolute Gasteiger partial charge is 0.126 e. The maximum atomic E-state index is 9.16. The molecular weight excluding hydrogens is 376 g/mol. The molecule has 0 radical (unpaired) electrons. The van der Waals surface area contributed by atoms with E-state index in [1.807, 2.05) is 85.0 Å². The van der Waals surface area contributed by atoms with E-state index in [1.54, 1.807) is 14.2 Å². The van der Waals surface area contributed by atoms with E-state index in [1.165, 1.54) is 0 Å². The summed E-state index contributed by atoms with van der Waals surface area (Å²) in [4.78, 5) is 0. The summed E-state index contributed by atoms with van der Waals surface area (Å²) < 4.78 is 11.2. The zero-order valence-corrected chi connectivity index (χ0v) is 17.2. The number of hydrogen-bond acceptors (Lipinski definition) is 4. The van der Waals surface area contributed by atoms with Gasteiger partial charge in [0, 0.05) is 11.1 Å². The zero-order chi connectivity index (χ0) is 21.3. The third-order valence-corrected chi connectivity index (χ3v) is 4.82. The summed E-state index contributed by atoms with van der Waals surface area (Å²) in [5, 5.41) is 18.3. The Hall–Kier alpha value is -3.34. The van der Waals surface area contributed by atoms with E-state index in [4.69, 9.17) is 19.7 Å². The number of aliphatic hydroxyl groups excluding tert-OH is 2. The van der Waals surface area contributed by atoms with Crippen LogP contribution in [0, 0.1) is 0 Å². The fourth-order valence-corrected chi connectivity index (χ4v) is 3.05. The first-order valence-corrected chi connectivity index (χ1v) is 9.68. The van der Waals surface area contributed by atoms with Gasteiger partial charge >= 0.3 is 0 Å². The summed E-state index contributed by atoms with van der Waals surface area (Å²) >= 11 is 0. The Balaban J connectivity index is 1.86. The molecular formula is C26H26O4. The molecule has 0 aromatic heterocycles. The second-order valence-corrected chi connectivity index (χ2v) is 6.80. The highest BCUT2D eigenvalue weighted by molar-refractivity contribution is 5.79. The van der Waals surface area contributed by atoms with Crippen molar-refractivity contribution in [1.29, 1.82) is 0 Å². The van der Waals surface area contributed by atoms with Crippen molar-refractivity contribution in [1.82, 2.24) is 0 Å². The van der Waals surface area contributed by atoms with E-state index < -0.39 is 0 Å². The van der Waals surface area contributed by atoms with Crippen LogP contribution in [0.4, 0.5) is 0 Å². The van der Waals surface area contributed by atoms with Crippen molar-refractivity contribution in [2.45, 2.75) is 13.2 Å². The van der Waals surface area contributed by atoms with Crippen molar-refractivity contribution in [3.63, 3.8) is 0 Å². The Morgan fingerprint density at radius 2 is 0.967 bits per heavy atom. The van der Waals surface area contributed by atoms with Crippen molar-refractivity contribution in [3.8, 4) is 11.5 Å². The van der Waals surface area contributed by atoms with Crippen LogP contribution in [0.15, 0.2) is 60.7 Å². The highest BCUT2D eigenvalue weighted by Gasteiger charge is 2.08. The number of ether oxygens (including phenoxy) is 2. The molecule has 0 aliphatic carbocycles. The number of methoxy groups -OCH3 is 2. The lowest BCUT2D eigenvalue weighted by atomic mass is 10.0. The molecule has 0 fully saturated rings. The molecule has 4 nitrogen and oxygen atoms in total. The number of aliphatic hydroxyl groups is 2. The monoisotopic (exact) mass is 402 g/mol. The van der Waals surface area contributed by atoms with Gasteiger partial charge in [0.15, 0.2) is 0 Å². The van der Waals surface area contributed by atoms with E-state index in [-0.39, 0.29) is 13.2 Å². The van der Waals surface area contributed by atoms with Crippen LogP contribution >= 0.6 is 0 Å². The quantitative estimate of drug-likeness (QED) is 0.519. The largest absolute Gasteiger partial charge is 0.496 e. The summed E-state index contributed by atoms with van der Waals surface area (Å²) in [6.07, 6.45) is 7.96. The van der Waals surface area contributed by atoms with Gasteiger partial charge in [0.25, 0.3) is 0 Å². The van der Waals surface area contributed by atoms with Gasteiger partial charge in [-0.2, -0.15) is 0 Å². The fraction of sp³-hybridized carbons (Fsp3) is 0.154. The molecule has 2 N–H and O–H groups in total. The Bertz CT molecular complexity index is 931. The van der Waals surface area contributed by atoms with Crippen LogP contribution in [0.3, 0.4) is 0 Å². The van der Waals surface area contributed by atoms with Gasteiger partial charge in [0.2, 0.25) is 0 Å². The van der Waals surface area contributed by atoms with Gasteiger partial charge in [-0.25, -0.2) is 0 Å². The minimum Gasteiger partial charge on any atom is -0.496 e. The van der Waals surface area contributed by atoms with Gasteiger partial charge in [-0.15, -0.1) is 0 Å². The first-order valence-electron chi connectivity index (χ1n) is 9.68. The number of rotatable bonds is 8. The summed E-state index contributed by atoms with van der Waals surface area (Å²) in [6, 6.07) is 19.4. The molecule has 0 saturated heterocycles. The highest BCUT2D eigenvalue weighted by Crippen LogP contribution is 2.31. The van der Waals surface area contributed by atoms with Crippen molar-refractivity contribution >= 4 is 24.3 Å². The first kappa shape index (κ1) is 21.4. The molecule has 0 unspecified atom stereocenters. The van der Waals surface area contributed by atoms with Gasteiger partial charge < -0.3 is 19.7 Å². The summed E-state index contributed by atoms with van der Waals surface area (Å²) in [7, 11) is 3.30. The Kier molecular flexibility index (Phi) is 7.44. The molecule has 30 heavy (non-hydrogen) atoms. The van der Waals surface area contributed by atoms with Crippen molar-refractivity contribution < 1.29 is 19.7 Å². The molecule has 0 aliphatic rings. The minimum absolute atomic E-state index is 0.0373. The molecule has 0 amide bonds. The lowest BCUT2D eigenvalue weighted by Gasteiger charge is -2.11.